The first kappa shape index (κ1) is 9.43. The van der Waals surface area contributed by atoms with Crippen LogP contribution in [-0.2, 0) is 0 Å². The number of nitrogens with zero attached hydrogens (tertiary/aromatic N) is 1. The van der Waals surface area contributed by atoms with Crippen molar-refractivity contribution in [3.63, 3.8) is 0 Å². The van der Waals surface area contributed by atoms with E-state index in [1.54, 1.807) is 12.4 Å². The summed E-state index contributed by atoms with van der Waals surface area (Å²) in [6.45, 7) is 0. The Kier molecular flexibility index (Phi) is 2.65. The van der Waals surface area contributed by atoms with Crippen molar-refractivity contribution in [2.45, 2.75) is 6.04 Å². The molecule has 0 radical (unpaired) electrons. The summed E-state index contributed by atoms with van der Waals surface area (Å²) in [6, 6.07) is 7.73. The second-order valence-electron chi connectivity index (χ2n) is 3.00. The zero-order chi connectivity index (χ0) is 9.97. The second kappa shape index (κ2) is 3.94. The van der Waals surface area contributed by atoms with E-state index in [0.717, 1.165) is 15.9 Å². The maximum atomic E-state index is 6.00. The third kappa shape index (κ3) is 1.86. The molecule has 0 aliphatic heterocycles. The molecule has 1 heterocycles. The van der Waals surface area contributed by atoms with Gasteiger partial charge in [0.15, 0.2) is 0 Å². The number of aromatic nitrogens is 2. The molecule has 0 saturated heterocycles. The maximum Gasteiger partial charge on any atom is 0.127 e. The number of aromatic amines is 1. The van der Waals surface area contributed by atoms with E-state index in [4.69, 9.17) is 5.73 Å². The molecule has 4 heteroatoms. The molecular weight excluding hydrogens is 242 g/mol. The average molecular weight is 252 g/mol. The highest BCUT2D eigenvalue weighted by Crippen LogP contribution is 2.18. The van der Waals surface area contributed by atoms with Gasteiger partial charge in [-0.15, -0.1) is 0 Å². The maximum absolute atomic E-state index is 6.00. The van der Waals surface area contributed by atoms with Crippen molar-refractivity contribution >= 4 is 15.9 Å². The van der Waals surface area contributed by atoms with Gasteiger partial charge in [0, 0.05) is 16.9 Å². The fourth-order valence-electron chi connectivity index (χ4n) is 1.28. The molecule has 0 aliphatic rings. The fourth-order valence-corrected chi connectivity index (χ4v) is 1.54. The van der Waals surface area contributed by atoms with Crippen LogP contribution in [0.2, 0.25) is 0 Å². The van der Waals surface area contributed by atoms with Crippen LogP contribution in [0.3, 0.4) is 0 Å². The molecule has 2 rings (SSSR count). The Bertz CT molecular complexity index is 394. The predicted molar refractivity (Wildman–Crippen MR) is 58.8 cm³/mol. The van der Waals surface area contributed by atoms with Crippen molar-refractivity contribution in [1.29, 1.82) is 0 Å². The molecule has 0 saturated carbocycles. The first-order valence-electron chi connectivity index (χ1n) is 4.27. The summed E-state index contributed by atoms with van der Waals surface area (Å²) in [5.41, 5.74) is 7.05. The zero-order valence-corrected chi connectivity index (χ0v) is 9.03. The summed E-state index contributed by atoms with van der Waals surface area (Å²) in [4.78, 5) is 7.12. The third-order valence-corrected chi connectivity index (χ3v) is 2.57. The van der Waals surface area contributed by atoms with E-state index in [9.17, 15) is 0 Å². The minimum Gasteiger partial charge on any atom is -0.347 e. The number of hydrogen-bond donors (Lipinski definition) is 2. The molecule has 72 valence electrons. The summed E-state index contributed by atoms with van der Waals surface area (Å²) < 4.78 is 1.05. The molecule has 3 nitrogen and oxygen atoms in total. The highest BCUT2D eigenvalue weighted by atomic mass is 79.9. The van der Waals surface area contributed by atoms with Gasteiger partial charge in [0.1, 0.15) is 5.82 Å². The van der Waals surface area contributed by atoms with E-state index in [1.165, 1.54) is 0 Å². The summed E-state index contributed by atoms with van der Waals surface area (Å²) in [7, 11) is 0. The van der Waals surface area contributed by atoms with Gasteiger partial charge in [0.25, 0.3) is 0 Å². The lowest BCUT2D eigenvalue weighted by molar-refractivity contribution is 0.801. The molecule has 3 N–H and O–H groups in total. The molecule has 14 heavy (non-hydrogen) atoms. The van der Waals surface area contributed by atoms with E-state index in [1.807, 2.05) is 24.3 Å². The number of halogens is 1. The Balaban J connectivity index is 2.28. The van der Waals surface area contributed by atoms with Crippen LogP contribution in [0.25, 0.3) is 0 Å². The number of benzene rings is 1. The number of nitrogens with two attached hydrogens (primary N) is 1. The summed E-state index contributed by atoms with van der Waals surface area (Å²) in [5.74, 6) is 0.785. The van der Waals surface area contributed by atoms with Gasteiger partial charge < -0.3 is 10.7 Å². The number of rotatable bonds is 2. The van der Waals surface area contributed by atoms with Crippen LogP contribution in [0, 0.1) is 0 Å². The van der Waals surface area contributed by atoms with Gasteiger partial charge in [-0.1, -0.05) is 28.1 Å². The van der Waals surface area contributed by atoms with E-state index in [2.05, 4.69) is 25.9 Å². The van der Waals surface area contributed by atoms with Gasteiger partial charge in [0.2, 0.25) is 0 Å². The molecule has 2 aromatic rings. The van der Waals surface area contributed by atoms with Crippen LogP contribution < -0.4 is 5.73 Å². The lowest BCUT2D eigenvalue weighted by atomic mass is 10.1. The van der Waals surface area contributed by atoms with Crippen LogP contribution in [0.1, 0.15) is 17.4 Å². The zero-order valence-electron chi connectivity index (χ0n) is 7.44. The van der Waals surface area contributed by atoms with Crippen molar-refractivity contribution in [1.82, 2.24) is 9.97 Å². The van der Waals surface area contributed by atoms with Crippen LogP contribution in [0.15, 0.2) is 41.1 Å². The van der Waals surface area contributed by atoms with E-state index in [-0.39, 0.29) is 6.04 Å². The first-order valence-corrected chi connectivity index (χ1v) is 5.07. The third-order valence-electron chi connectivity index (χ3n) is 2.04. The lowest BCUT2D eigenvalue weighted by Crippen LogP contribution is -2.13. The number of imidazole rings is 1. The summed E-state index contributed by atoms with van der Waals surface area (Å²) in [5, 5.41) is 0. The largest absolute Gasteiger partial charge is 0.347 e. The molecule has 0 fully saturated rings. The molecular formula is C10H10BrN3. The Morgan fingerprint density at radius 3 is 2.57 bits per heavy atom. The van der Waals surface area contributed by atoms with Crippen LogP contribution in [-0.4, -0.2) is 9.97 Å². The van der Waals surface area contributed by atoms with Crippen molar-refractivity contribution in [2.24, 2.45) is 5.73 Å². The monoisotopic (exact) mass is 251 g/mol. The predicted octanol–water partition coefficient (Wildman–Crippen LogP) is 2.22. The summed E-state index contributed by atoms with van der Waals surface area (Å²) in [6.07, 6.45) is 3.47. The Labute approximate surface area is 90.5 Å². The van der Waals surface area contributed by atoms with Crippen molar-refractivity contribution in [3.8, 4) is 0 Å². The fraction of sp³-hybridized carbons (Fsp3) is 0.100. The minimum absolute atomic E-state index is 0.182. The van der Waals surface area contributed by atoms with E-state index >= 15 is 0 Å². The van der Waals surface area contributed by atoms with Gasteiger partial charge in [0.05, 0.1) is 6.04 Å². The average Bonchev–Trinajstić information content (AvgIpc) is 2.71. The van der Waals surface area contributed by atoms with Crippen LogP contribution >= 0.6 is 15.9 Å². The highest BCUT2D eigenvalue weighted by molar-refractivity contribution is 9.10. The van der Waals surface area contributed by atoms with Gasteiger partial charge >= 0.3 is 0 Å². The smallest absolute Gasteiger partial charge is 0.127 e. The highest BCUT2D eigenvalue weighted by Gasteiger charge is 2.09. The van der Waals surface area contributed by atoms with Crippen LogP contribution in [0.4, 0.5) is 0 Å². The minimum atomic E-state index is -0.182. The van der Waals surface area contributed by atoms with Gasteiger partial charge in [-0.2, -0.15) is 0 Å². The Morgan fingerprint density at radius 1 is 1.29 bits per heavy atom. The molecule has 1 aromatic carbocycles. The number of nitrogens with one attached hydrogen (secondary N) is 1. The number of H-pyrrole nitrogens is 1. The lowest BCUT2D eigenvalue weighted by Gasteiger charge is -2.08. The van der Waals surface area contributed by atoms with Gasteiger partial charge in [-0.05, 0) is 17.7 Å². The van der Waals surface area contributed by atoms with Crippen LogP contribution in [0.5, 0.6) is 0 Å². The standard InChI is InChI=1S/C10H10BrN3/c11-8-3-1-7(2-4-8)9(12)10-13-5-6-14-10/h1-6,9H,12H2,(H,13,14). The normalized spacial score (nSPS) is 12.7. The van der Waals surface area contributed by atoms with Gasteiger partial charge in [-0.25, -0.2) is 4.98 Å². The topological polar surface area (TPSA) is 54.7 Å². The molecule has 0 bridgehead atoms. The molecule has 0 amide bonds. The Morgan fingerprint density at radius 2 is 2.00 bits per heavy atom. The quantitative estimate of drug-likeness (QED) is 0.860. The molecule has 1 unspecified atom stereocenters. The first-order chi connectivity index (χ1) is 6.77. The molecule has 1 aromatic heterocycles. The summed E-state index contributed by atoms with van der Waals surface area (Å²) >= 11 is 3.38. The van der Waals surface area contributed by atoms with Gasteiger partial charge in [-0.3, -0.25) is 0 Å². The van der Waals surface area contributed by atoms with E-state index < -0.39 is 0 Å². The molecule has 0 spiro atoms. The van der Waals surface area contributed by atoms with Crippen molar-refractivity contribution in [2.75, 3.05) is 0 Å². The van der Waals surface area contributed by atoms with E-state index in [0.29, 0.717) is 0 Å². The molecule has 0 aliphatic carbocycles. The second-order valence-corrected chi connectivity index (χ2v) is 3.92. The van der Waals surface area contributed by atoms with Crippen molar-refractivity contribution in [3.05, 3.63) is 52.5 Å². The number of hydrogen-bond acceptors (Lipinski definition) is 2. The SMILES string of the molecule is NC(c1ccc(Br)cc1)c1ncc[nH]1. The van der Waals surface area contributed by atoms with Crippen molar-refractivity contribution < 1.29 is 0 Å². The Hall–Kier alpha value is -1.13. The molecule has 1 atom stereocenters.